The van der Waals surface area contributed by atoms with Gasteiger partial charge in [-0.3, -0.25) is 14.6 Å². The van der Waals surface area contributed by atoms with Gasteiger partial charge in [0.1, 0.15) is 0 Å². The molecule has 3 rings (SSSR count). The molecule has 0 radical (unpaired) electrons. The van der Waals surface area contributed by atoms with Crippen molar-refractivity contribution in [2.45, 2.75) is 26.3 Å². The van der Waals surface area contributed by atoms with Crippen LogP contribution in [0.3, 0.4) is 0 Å². The van der Waals surface area contributed by atoms with Gasteiger partial charge in [-0.15, -0.1) is 0 Å². The molecule has 1 aliphatic heterocycles. The number of benzene rings is 1. The van der Waals surface area contributed by atoms with E-state index in [1.165, 1.54) is 18.2 Å². The summed E-state index contributed by atoms with van der Waals surface area (Å²) in [6.07, 6.45) is 3.73. The number of hydrogen-bond donors (Lipinski definition) is 2. The molecule has 2 heterocycles. The first-order chi connectivity index (χ1) is 12.0. The van der Waals surface area contributed by atoms with Gasteiger partial charge in [0.15, 0.2) is 0 Å². The van der Waals surface area contributed by atoms with Gasteiger partial charge in [0, 0.05) is 43.7 Å². The zero-order chi connectivity index (χ0) is 17.8. The van der Waals surface area contributed by atoms with Gasteiger partial charge >= 0.3 is 0 Å². The van der Waals surface area contributed by atoms with Crippen molar-refractivity contribution in [1.82, 2.24) is 10.3 Å². The summed E-state index contributed by atoms with van der Waals surface area (Å²) in [4.78, 5) is 29.9. The Morgan fingerprint density at radius 1 is 1.24 bits per heavy atom. The largest absolute Gasteiger partial charge is 0.374 e. The fourth-order valence-corrected chi connectivity index (χ4v) is 3.00. The molecule has 0 atom stereocenters. The zero-order valence-corrected chi connectivity index (χ0v) is 14.5. The van der Waals surface area contributed by atoms with Gasteiger partial charge in [-0.25, -0.2) is 0 Å². The van der Waals surface area contributed by atoms with Crippen molar-refractivity contribution in [1.29, 1.82) is 0 Å². The molecule has 1 aromatic carbocycles. The molecule has 0 fully saturated rings. The molecule has 130 valence electrons. The van der Waals surface area contributed by atoms with Gasteiger partial charge in [0.25, 0.3) is 5.91 Å². The van der Waals surface area contributed by atoms with Gasteiger partial charge in [-0.1, -0.05) is 0 Å². The molecule has 1 aliphatic rings. The molecule has 6 nitrogen and oxygen atoms in total. The van der Waals surface area contributed by atoms with Crippen LogP contribution in [-0.4, -0.2) is 30.4 Å². The Bertz CT molecular complexity index is 804. The van der Waals surface area contributed by atoms with Crippen molar-refractivity contribution in [3.63, 3.8) is 0 Å². The van der Waals surface area contributed by atoms with Gasteiger partial charge < -0.3 is 15.5 Å². The van der Waals surface area contributed by atoms with Gasteiger partial charge in [0.05, 0.1) is 12.2 Å². The first-order valence-electron chi connectivity index (χ1n) is 8.38. The van der Waals surface area contributed by atoms with Gasteiger partial charge in [-0.2, -0.15) is 0 Å². The maximum Gasteiger partial charge on any atom is 0.255 e. The van der Waals surface area contributed by atoms with E-state index in [1.54, 1.807) is 18.3 Å². The molecule has 0 spiro atoms. The number of nitrogens with zero attached hydrogens (tertiary/aromatic N) is 2. The van der Waals surface area contributed by atoms with E-state index in [9.17, 15) is 9.59 Å². The van der Waals surface area contributed by atoms with Crippen molar-refractivity contribution in [3.05, 3.63) is 53.3 Å². The predicted molar refractivity (Wildman–Crippen MR) is 97.7 cm³/mol. The number of carbonyl (C=O) groups excluding carboxylic acids is 2. The minimum atomic E-state index is -0.185. The number of fused-ring (bicyclic) bond motifs is 1. The summed E-state index contributed by atoms with van der Waals surface area (Å²) in [5, 5.41) is 5.62. The summed E-state index contributed by atoms with van der Waals surface area (Å²) < 4.78 is 0. The van der Waals surface area contributed by atoms with E-state index in [0.717, 1.165) is 25.1 Å². The Kier molecular flexibility index (Phi) is 4.97. The third kappa shape index (κ3) is 4.15. The lowest BCUT2D eigenvalue weighted by Crippen LogP contribution is -2.24. The third-order valence-corrected chi connectivity index (χ3v) is 4.29. The summed E-state index contributed by atoms with van der Waals surface area (Å²) in [5.74, 6) is -0.314. The predicted octanol–water partition coefficient (Wildman–Crippen LogP) is 2.35. The van der Waals surface area contributed by atoms with Crippen LogP contribution in [0.2, 0.25) is 0 Å². The number of amides is 2. The Hall–Kier alpha value is -2.89. The summed E-state index contributed by atoms with van der Waals surface area (Å²) in [6, 6.07) is 9.38. The van der Waals surface area contributed by atoms with E-state index in [0.29, 0.717) is 17.8 Å². The highest BCUT2D eigenvalue weighted by atomic mass is 16.2. The van der Waals surface area contributed by atoms with E-state index >= 15 is 0 Å². The van der Waals surface area contributed by atoms with Crippen LogP contribution in [0.1, 0.15) is 35.0 Å². The highest BCUT2D eigenvalue weighted by Gasteiger charge is 2.15. The minimum absolute atomic E-state index is 0.129. The maximum absolute atomic E-state index is 12.5. The number of hydrogen-bond acceptors (Lipinski definition) is 4. The molecule has 0 bridgehead atoms. The molecule has 2 amide bonds. The second-order valence-corrected chi connectivity index (χ2v) is 6.27. The molecular weight excluding hydrogens is 316 g/mol. The third-order valence-electron chi connectivity index (χ3n) is 4.29. The average Bonchev–Trinajstić information content (AvgIpc) is 2.60. The number of carbonyl (C=O) groups is 2. The van der Waals surface area contributed by atoms with E-state index in [4.69, 9.17) is 0 Å². The molecule has 6 heteroatoms. The Labute approximate surface area is 147 Å². The Morgan fingerprint density at radius 2 is 2.08 bits per heavy atom. The first-order valence-corrected chi connectivity index (χ1v) is 8.38. The summed E-state index contributed by atoms with van der Waals surface area (Å²) >= 11 is 0. The first kappa shape index (κ1) is 17.0. The molecule has 2 N–H and O–H groups in total. The van der Waals surface area contributed by atoms with Crippen LogP contribution in [0.25, 0.3) is 0 Å². The SMILES string of the molecule is CC(=O)NCc1cc(C(=O)Nc2ccc3c(c2)CCCN3C)ccn1. The number of aryl methyl sites for hydroxylation is 1. The van der Waals surface area contributed by atoms with Crippen molar-refractivity contribution >= 4 is 23.2 Å². The molecule has 0 aliphatic carbocycles. The molecule has 0 saturated heterocycles. The monoisotopic (exact) mass is 338 g/mol. The summed E-state index contributed by atoms with van der Waals surface area (Å²) in [6.45, 7) is 2.82. The van der Waals surface area contributed by atoms with E-state index in [2.05, 4.69) is 33.6 Å². The highest BCUT2D eigenvalue weighted by molar-refractivity contribution is 6.04. The van der Waals surface area contributed by atoms with Crippen molar-refractivity contribution in [3.8, 4) is 0 Å². The van der Waals surface area contributed by atoms with Gasteiger partial charge in [0.2, 0.25) is 5.91 Å². The average molecular weight is 338 g/mol. The second-order valence-electron chi connectivity index (χ2n) is 6.27. The Morgan fingerprint density at radius 3 is 2.88 bits per heavy atom. The normalized spacial score (nSPS) is 13.1. The van der Waals surface area contributed by atoms with E-state index < -0.39 is 0 Å². The van der Waals surface area contributed by atoms with Crippen molar-refractivity contribution in [2.75, 3.05) is 23.8 Å². The number of pyridine rings is 1. The van der Waals surface area contributed by atoms with Crippen LogP contribution < -0.4 is 15.5 Å². The molecular formula is C19H22N4O2. The number of aromatic nitrogens is 1. The maximum atomic E-state index is 12.5. The van der Waals surface area contributed by atoms with Gasteiger partial charge in [-0.05, 0) is 48.7 Å². The standard InChI is InChI=1S/C19H22N4O2/c1-13(24)21-12-17-11-15(7-8-20-17)19(25)22-16-5-6-18-14(10-16)4-3-9-23(18)2/h5-8,10-11H,3-4,9,12H2,1-2H3,(H,21,24)(H,22,25). The van der Waals surface area contributed by atoms with E-state index in [-0.39, 0.29) is 11.8 Å². The fraction of sp³-hybridized carbons (Fsp3) is 0.316. The fourth-order valence-electron chi connectivity index (χ4n) is 3.00. The smallest absolute Gasteiger partial charge is 0.255 e. The highest BCUT2D eigenvalue weighted by Crippen LogP contribution is 2.28. The molecule has 25 heavy (non-hydrogen) atoms. The second kappa shape index (κ2) is 7.34. The molecule has 2 aromatic rings. The van der Waals surface area contributed by atoms with Crippen LogP contribution in [0.5, 0.6) is 0 Å². The lowest BCUT2D eigenvalue weighted by Gasteiger charge is -2.27. The van der Waals surface area contributed by atoms with Crippen LogP contribution in [0.4, 0.5) is 11.4 Å². The van der Waals surface area contributed by atoms with E-state index in [1.807, 2.05) is 12.1 Å². The lowest BCUT2D eigenvalue weighted by molar-refractivity contribution is -0.119. The molecule has 1 aromatic heterocycles. The number of rotatable bonds is 4. The Balaban J connectivity index is 1.72. The molecule has 0 saturated carbocycles. The summed E-state index contributed by atoms with van der Waals surface area (Å²) in [7, 11) is 2.09. The summed E-state index contributed by atoms with van der Waals surface area (Å²) in [5.41, 5.74) is 4.44. The van der Waals surface area contributed by atoms with Crippen LogP contribution >= 0.6 is 0 Å². The minimum Gasteiger partial charge on any atom is -0.374 e. The topological polar surface area (TPSA) is 74.3 Å². The van der Waals surface area contributed by atoms with Crippen LogP contribution in [0.15, 0.2) is 36.5 Å². The lowest BCUT2D eigenvalue weighted by atomic mass is 10.0. The number of anilines is 2. The molecule has 0 unspecified atom stereocenters. The number of nitrogens with one attached hydrogen (secondary N) is 2. The van der Waals surface area contributed by atoms with Crippen LogP contribution in [0, 0.1) is 0 Å². The quantitative estimate of drug-likeness (QED) is 0.897. The van der Waals surface area contributed by atoms with Crippen molar-refractivity contribution < 1.29 is 9.59 Å². The van der Waals surface area contributed by atoms with Crippen LogP contribution in [-0.2, 0) is 17.8 Å². The van der Waals surface area contributed by atoms with Crippen molar-refractivity contribution in [2.24, 2.45) is 0 Å². The zero-order valence-electron chi connectivity index (χ0n) is 14.5.